The number of halogens is 1. The maximum absolute atomic E-state index is 10.8. The van der Waals surface area contributed by atoms with Crippen molar-refractivity contribution >= 4 is 11.6 Å². The lowest BCUT2D eigenvalue weighted by Gasteiger charge is -1.97. The van der Waals surface area contributed by atoms with E-state index in [0.29, 0.717) is 11.3 Å². The highest BCUT2D eigenvalue weighted by Gasteiger charge is 2.08. The zero-order valence-corrected chi connectivity index (χ0v) is 8.13. The van der Waals surface area contributed by atoms with Crippen molar-refractivity contribution < 1.29 is 4.42 Å². The van der Waals surface area contributed by atoms with Crippen LogP contribution in [0.5, 0.6) is 0 Å². The molecule has 0 amide bonds. The molecule has 2 aromatic rings. The number of hydrogen-bond acceptors (Lipinski definition) is 3. The first-order valence-electron chi connectivity index (χ1n) is 3.98. The first-order chi connectivity index (χ1) is 6.66. The SMILES string of the molecule is Cc1ccc(-c2cnc(=O)[nH]c2Cl)o1. The van der Waals surface area contributed by atoms with Gasteiger partial charge in [-0.15, -0.1) is 0 Å². The summed E-state index contributed by atoms with van der Waals surface area (Å²) in [6.45, 7) is 1.83. The van der Waals surface area contributed by atoms with Gasteiger partial charge in [-0.1, -0.05) is 11.6 Å². The third kappa shape index (κ3) is 1.56. The van der Waals surface area contributed by atoms with Crippen LogP contribution >= 0.6 is 11.6 Å². The molecule has 0 bridgehead atoms. The molecular formula is C9H7ClN2O2. The third-order valence-electron chi connectivity index (χ3n) is 1.77. The number of furan rings is 1. The Bertz CT molecular complexity index is 516. The van der Waals surface area contributed by atoms with Gasteiger partial charge in [0.05, 0.1) is 5.56 Å². The lowest BCUT2D eigenvalue weighted by Crippen LogP contribution is -2.09. The Morgan fingerprint density at radius 3 is 2.86 bits per heavy atom. The molecule has 0 aromatic carbocycles. The molecule has 2 heterocycles. The van der Waals surface area contributed by atoms with Crippen LogP contribution in [0.3, 0.4) is 0 Å². The maximum Gasteiger partial charge on any atom is 0.346 e. The van der Waals surface area contributed by atoms with Gasteiger partial charge in [-0.3, -0.25) is 4.98 Å². The molecule has 0 aliphatic rings. The molecule has 0 fully saturated rings. The molecule has 72 valence electrons. The van der Waals surface area contributed by atoms with Crippen LogP contribution in [0.4, 0.5) is 0 Å². The zero-order valence-electron chi connectivity index (χ0n) is 7.37. The minimum absolute atomic E-state index is 0.236. The van der Waals surface area contributed by atoms with E-state index < -0.39 is 5.69 Å². The average Bonchev–Trinajstić information content (AvgIpc) is 2.51. The molecule has 5 heteroatoms. The lowest BCUT2D eigenvalue weighted by molar-refractivity contribution is 0.548. The van der Waals surface area contributed by atoms with Crippen LogP contribution in [-0.4, -0.2) is 9.97 Å². The van der Waals surface area contributed by atoms with Crippen molar-refractivity contribution in [1.82, 2.24) is 9.97 Å². The number of aryl methyl sites for hydroxylation is 1. The largest absolute Gasteiger partial charge is 0.461 e. The van der Waals surface area contributed by atoms with Gasteiger partial charge in [0.1, 0.15) is 16.7 Å². The van der Waals surface area contributed by atoms with Crippen molar-refractivity contribution in [2.24, 2.45) is 0 Å². The Hall–Kier alpha value is -1.55. The van der Waals surface area contributed by atoms with E-state index in [2.05, 4.69) is 9.97 Å². The molecule has 0 unspecified atom stereocenters. The van der Waals surface area contributed by atoms with Crippen LogP contribution in [0.1, 0.15) is 5.76 Å². The van der Waals surface area contributed by atoms with Crippen molar-refractivity contribution in [3.63, 3.8) is 0 Å². The van der Waals surface area contributed by atoms with Crippen LogP contribution in [0.2, 0.25) is 5.15 Å². The van der Waals surface area contributed by atoms with Gasteiger partial charge in [-0.25, -0.2) is 9.78 Å². The number of aromatic nitrogens is 2. The van der Waals surface area contributed by atoms with E-state index in [4.69, 9.17) is 16.0 Å². The number of hydrogen-bond donors (Lipinski definition) is 1. The van der Waals surface area contributed by atoms with Gasteiger partial charge < -0.3 is 4.42 Å². The van der Waals surface area contributed by atoms with Crippen LogP contribution in [0.25, 0.3) is 11.3 Å². The highest BCUT2D eigenvalue weighted by atomic mass is 35.5. The molecule has 14 heavy (non-hydrogen) atoms. The van der Waals surface area contributed by atoms with Crippen LogP contribution in [0.15, 0.2) is 27.5 Å². The van der Waals surface area contributed by atoms with Crippen molar-refractivity contribution in [3.05, 3.63) is 39.7 Å². The molecule has 0 aliphatic carbocycles. The molecule has 0 saturated carbocycles. The van der Waals surface area contributed by atoms with E-state index in [0.717, 1.165) is 5.76 Å². The molecule has 0 aliphatic heterocycles. The van der Waals surface area contributed by atoms with Gasteiger partial charge in [0.15, 0.2) is 0 Å². The molecule has 0 spiro atoms. The minimum atomic E-state index is -0.470. The topological polar surface area (TPSA) is 58.9 Å². The maximum atomic E-state index is 10.8. The molecule has 0 saturated heterocycles. The standard InChI is InChI=1S/C9H7ClN2O2/c1-5-2-3-7(14-5)6-4-11-9(13)12-8(6)10/h2-4H,1H3,(H,11,12,13). The monoisotopic (exact) mass is 210 g/mol. The second-order valence-corrected chi connectivity index (χ2v) is 3.20. The summed E-state index contributed by atoms with van der Waals surface area (Å²) in [6.07, 6.45) is 1.39. The molecular weight excluding hydrogens is 204 g/mol. The summed E-state index contributed by atoms with van der Waals surface area (Å²) in [7, 11) is 0. The van der Waals surface area contributed by atoms with E-state index >= 15 is 0 Å². The van der Waals surface area contributed by atoms with Crippen LogP contribution in [0, 0.1) is 6.92 Å². The molecule has 4 nitrogen and oxygen atoms in total. The molecule has 2 aromatic heterocycles. The van der Waals surface area contributed by atoms with Crippen LogP contribution in [-0.2, 0) is 0 Å². The van der Waals surface area contributed by atoms with Gasteiger partial charge in [-0.2, -0.15) is 0 Å². The number of nitrogens with zero attached hydrogens (tertiary/aromatic N) is 1. The first kappa shape index (κ1) is 9.02. The summed E-state index contributed by atoms with van der Waals surface area (Å²) < 4.78 is 5.34. The van der Waals surface area contributed by atoms with Crippen LogP contribution < -0.4 is 5.69 Å². The Morgan fingerprint density at radius 1 is 1.50 bits per heavy atom. The summed E-state index contributed by atoms with van der Waals surface area (Å²) in [5, 5.41) is 0.236. The van der Waals surface area contributed by atoms with E-state index in [-0.39, 0.29) is 5.15 Å². The third-order valence-corrected chi connectivity index (χ3v) is 2.07. The van der Waals surface area contributed by atoms with Gasteiger partial charge in [0.25, 0.3) is 0 Å². The van der Waals surface area contributed by atoms with E-state index in [1.807, 2.05) is 13.0 Å². The summed E-state index contributed by atoms with van der Waals surface area (Å²) in [6, 6.07) is 3.59. The second-order valence-electron chi connectivity index (χ2n) is 2.83. The molecule has 0 atom stereocenters. The van der Waals surface area contributed by atoms with Gasteiger partial charge in [0.2, 0.25) is 0 Å². The number of aromatic amines is 1. The Labute approximate surface area is 84.6 Å². The van der Waals surface area contributed by atoms with Crippen molar-refractivity contribution in [2.75, 3.05) is 0 Å². The second kappa shape index (κ2) is 3.31. The van der Waals surface area contributed by atoms with Gasteiger partial charge in [-0.05, 0) is 19.1 Å². The average molecular weight is 211 g/mol. The van der Waals surface area contributed by atoms with E-state index in [1.54, 1.807) is 6.07 Å². The first-order valence-corrected chi connectivity index (χ1v) is 4.36. The highest BCUT2D eigenvalue weighted by Crippen LogP contribution is 2.25. The minimum Gasteiger partial charge on any atom is -0.461 e. The van der Waals surface area contributed by atoms with E-state index in [9.17, 15) is 4.79 Å². The fraction of sp³-hybridized carbons (Fsp3) is 0.111. The molecule has 0 radical (unpaired) electrons. The smallest absolute Gasteiger partial charge is 0.346 e. The molecule has 1 N–H and O–H groups in total. The predicted octanol–water partition coefficient (Wildman–Crippen LogP) is 1.99. The summed E-state index contributed by atoms with van der Waals surface area (Å²) in [5.74, 6) is 1.37. The van der Waals surface area contributed by atoms with Crippen molar-refractivity contribution in [2.45, 2.75) is 6.92 Å². The molecule has 2 rings (SSSR count). The highest BCUT2D eigenvalue weighted by molar-refractivity contribution is 6.31. The lowest BCUT2D eigenvalue weighted by atomic mass is 10.3. The Morgan fingerprint density at radius 2 is 2.29 bits per heavy atom. The summed E-state index contributed by atoms with van der Waals surface area (Å²) in [4.78, 5) is 16.8. The Balaban J connectivity index is 2.57. The quantitative estimate of drug-likeness (QED) is 0.733. The van der Waals surface area contributed by atoms with E-state index in [1.165, 1.54) is 6.20 Å². The van der Waals surface area contributed by atoms with Crippen molar-refractivity contribution in [3.8, 4) is 11.3 Å². The van der Waals surface area contributed by atoms with Crippen molar-refractivity contribution in [1.29, 1.82) is 0 Å². The fourth-order valence-electron chi connectivity index (χ4n) is 1.12. The number of H-pyrrole nitrogens is 1. The fourth-order valence-corrected chi connectivity index (χ4v) is 1.35. The number of nitrogens with one attached hydrogen (secondary N) is 1. The summed E-state index contributed by atoms with van der Waals surface area (Å²) in [5.41, 5.74) is 0.112. The van der Waals surface area contributed by atoms with Gasteiger partial charge in [0, 0.05) is 6.20 Å². The summed E-state index contributed by atoms with van der Waals surface area (Å²) >= 11 is 5.82. The Kier molecular flexibility index (Phi) is 2.13. The van der Waals surface area contributed by atoms with Gasteiger partial charge >= 0.3 is 5.69 Å². The predicted molar refractivity (Wildman–Crippen MR) is 52.3 cm³/mol. The number of rotatable bonds is 1. The normalized spacial score (nSPS) is 10.4. The zero-order chi connectivity index (χ0) is 10.1.